The van der Waals surface area contributed by atoms with Gasteiger partial charge in [0.2, 0.25) is 0 Å². The Bertz CT molecular complexity index is 352. The van der Waals surface area contributed by atoms with Crippen LogP contribution in [-0.2, 0) is 9.59 Å². The highest BCUT2D eigenvalue weighted by Gasteiger charge is 2.30. The van der Waals surface area contributed by atoms with Crippen molar-refractivity contribution in [2.75, 3.05) is 24.7 Å². The number of carboxylic acid groups (broad SMARTS) is 1. The van der Waals surface area contributed by atoms with Gasteiger partial charge in [-0.2, -0.15) is 11.8 Å². The van der Waals surface area contributed by atoms with E-state index in [0.29, 0.717) is 5.75 Å². The Hall–Kier alpha value is -0.970. The lowest BCUT2D eigenvalue weighted by atomic mass is 10.0. The van der Waals surface area contributed by atoms with Crippen molar-refractivity contribution in [2.24, 2.45) is 0 Å². The second-order valence-electron chi connectivity index (χ2n) is 4.25. The van der Waals surface area contributed by atoms with Gasteiger partial charge < -0.3 is 25.5 Å². The highest BCUT2D eigenvalue weighted by atomic mass is 32.2. The van der Waals surface area contributed by atoms with Crippen LogP contribution < -0.4 is 5.32 Å². The number of aliphatic hydroxyl groups excluding tert-OH is 4. The molecule has 0 aliphatic heterocycles. The van der Waals surface area contributed by atoms with Crippen LogP contribution in [0.5, 0.6) is 0 Å². The Morgan fingerprint density at radius 2 is 1.90 bits per heavy atom. The Kier molecular flexibility index (Phi) is 10.2. The fraction of sp³-hybridized carbons (Fsp3) is 0.667. The zero-order valence-corrected chi connectivity index (χ0v) is 12.2. The van der Waals surface area contributed by atoms with E-state index in [1.807, 2.05) is 0 Å². The fourth-order valence-electron chi connectivity index (χ4n) is 1.32. The number of hydrogen-bond donors (Lipinski definition) is 6. The number of ketones is 1. The molecule has 0 heterocycles. The van der Waals surface area contributed by atoms with Crippen LogP contribution in [0.4, 0.5) is 0 Å². The number of carboxylic acids is 1. The molecule has 9 heteroatoms. The lowest BCUT2D eigenvalue weighted by molar-refractivity contribution is -0.141. The molecule has 0 fully saturated rings. The van der Waals surface area contributed by atoms with Crippen LogP contribution in [0.1, 0.15) is 0 Å². The molecule has 0 spiro atoms. The number of nitrogens with one attached hydrogen (secondary N) is 1. The number of Topliss-reactive ketones (excluding diaryl/α,β-unsaturated/α-hetero) is 1. The Balaban J connectivity index is 4.35. The van der Waals surface area contributed by atoms with Crippen LogP contribution in [-0.4, -0.2) is 86.3 Å². The van der Waals surface area contributed by atoms with Crippen LogP contribution in [0, 0.1) is 0 Å². The van der Waals surface area contributed by atoms with Crippen molar-refractivity contribution in [2.45, 2.75) is 24.4 Å². The molecular formula is C12H21NO7S. The Morgan fingerprint density at radius 3 is 2.38 bits per heavy atom. The number of hydrogen-bond acceptors (Lipinski definition) is 8. The first-order valence-corrected chi connectivity index (χ1v) is 7.33. The van der Waals surface area contributed by atoms with E-state index in [4.69, 9.17) is 15.3 Å². The van der Waals surface area contributed by atoms with Crippen LogP contribution in [0.3, 0.4) is 0 Å². The number of thioether (sulfide) groups is 1. The molecule has 4 atom stereocenters. The van der Waals surface area contributed by atoms with Gasteiger partial charge in [0.05, 0.1) is 13.2 Å². The molecule has 21 heavy (non-hydrogen) atoms. The number of aliphatic carboxylic acids is 1. The first kappa shape index (κ1) is 20.0. The monoisotopic (exact) mass is 323 g/mol. The molecule has 0 saturated heterocycles. The lowest BCUT2D eigenvalue weighted by Gasteiger charge is -2.21. The second kappa shape index (κ2) is 10.7. The second-order valence-corrected chi connectivity index (χ2v) is 5.32. The van der Waals surface area contributed by atoms with E-state index in [1.165, 1.54) is 11.8 Å². The average Bonchev–Trinajstić information content (AvgIpc) is 2.47. The molecule has 0 amide bonds. The zero-order chi connectivity index (χ0) is 16.4. The van der Waals surface area contributed by atoms with Crippen molar-refractivity contribution in [3.8, 4) is 0 Å². The van der Waals surface area contributed by atoms with Gasteiger partial charge in [-0.3, -0.25) is 14.9 Å². The summed E-state index contributed by atoms with van der Waals surface area (Å²) in [6.07, 6.45) is -3.77. The van der Waals surface area contributed by atoms with Crippen LogP contribution in [0.25, 0.3) is 0 Å². The molecule has 122 valence electrons. The van der Waals surface area contributed by atoms with E-state index >= 15 is 0 Å². The molecule has 0 rings (SSSR count). The summed E-state index contributed by atoms with van der Waals surface area (Å²) < 4.78 is 0. The smallest absolute Gasteiger partial charge is 0.321 e. The summed E-state index contributed by atoms with van der Waals surface area (Å²) >= 11 is 1.31. The summed E-state index contributed by atoms with van der Waals surface area (Å²) in [4.78, 5) is 22.5. The number of carbonyl (C=O) groups is 2. The quantitative estimate of drug-likeness (QED) is 0.171. The molecule has 0 aliphatic rings. The third-order valence-electron chi connectivity index (χ3n) is 2.58. The molecule has 0 aromatic heterocycles. The SMILES string of the molecule is C=CCSC[C@H](NCC(=O)[C@@H](O)[C@H](O)[C@H](O)CO)C(=O)O. The molecule has 8 nitrogen and oxygen atoms in total. The van der Waals surface area contributed by atoms with Gasteiger partial charge in [-0.25, -0.2) is 0 Å². The highest BCUT2D eigenvalue weighted by molar-refractivity contribution is 7.99. The van der Waals surface area contributed by atoms with Crippen molar-refractivity contribution in [1.82, 2.24) is 5.32 Å². The maximum absolute atomic E-state index is 11.6. The van der Waals surface area contributed by atoms with Crippen LogP contribution in [0.15, 0.2) is 12.7 Å². The molecule has 0 aromatic rings. The normalized spacial score (nSPS) is 16.8. The minimum absolute atomic E-state index is 0.201. The van der Waals surface area contributed by atoms with Crippen molar-refractivity contribution in [1.29, 1.82) is 0 Å². The standard InChI is InChI=1S/C12H21NO7S/c1-2-3-21-6-7(12(19)20)13-4-8(15)10(17)11(18)9(16)5-14/h2,7,9-11,13-14,16-18H,1,3-6H2,(H,19,20)/t7-,9+,10+,11+/m0/s1. The lowest BCUT2D eigenvalue weighted by Crippen LogP contribution is -2.49. The summed E-state index contributed by atoms with van der Waals surface area (Å²) in [6.45, 7) is 2.20. The first-order chi connectivity index (χ1) is 9.84. The molecule has 0 aromatic carbocycles. The van der Waals surface area contributed by atoms with Gasteiger partial charge in [-0.15, -0.1) is 6.58 Å². The summed E-state index contributed by atoms with van der Waals surface area (Å²) in [5.41, 5.74) is 0. The predicted molar refractivity (Wildman–Crippen MR) is 77.1 cm³/mol. The average molecular weight is 323 g/mol. The van der Waals surface area contributed by atoms with Gasteiger partial charge in [0.1, 0.15) is 24.4 Å². The van der Waals surface area contributed by atoms with Gasteiger partial charge in [0, 0.05) is 11.5 Å². The molecule has 0 aliphatic carbocycles. The topological polar surface area (TPSA) is 147 Å². The molecule has 6 N–H and O–H groups in total. The maximum Gasteiger partial charge on any atom is 0.321 e. The van der Waals surface area contributed by atoms with E-state index in [2.05, 4.69) is 11.9 Å². The van der Waals surface area contributed by atoms with E-state index in [0.717, 1.165) is 0 Å². The molecule has 0 radical (unpaired) electrons. The van der Waals surface area contributed by atoms with Gasteiger partial charge >= 0.3 is 5.97 Å². The third kappa shape index (κ3) is 7.55. The maximum atomic E-state index is 11.6. The van der Waals surface area contributed by atoms with Crippen molar-refractivity contribution in [3.63, 3.8) is 0 Å². The van der Waals surface area contributed by atoms with Crippen molar-refractivity contribution in [3.05, 3.63) is 12.7 Å². The molecule has 0 saturated carbocycles. The van der Waals surface area contributed by atoms with Gasteiger partial charge in [0.25, 0.3) is 0 Å². The van der Waals surface area contributed by atoms with Crippen molar-refractivity contribution >= 4 is 23.5 Å². The van der Waals surface area contributed by atoms with Gasteiger partial charge in [0.15, 0.2) is 5.78 Å². The third-order valence-corrected chi connectivity index (χ3v) is 3.62. The summed E-state index contributed by atoms with van der Waals surface area (Å²) in [6, 6.07) is -0.994. The van der Waals surface area contributed by atoms with Crippen LogP contribution in [0.2, 0.25) is 0 Å². The zero-order valence-electron chi connectivity index (χ0n) is 11.4. The minimum Gasteiger partial charge on any atom is -0.480 e. The Labute approximate surface area is 126 Å². The predicted octanol–water partition coefficient (Wildman–Crippen LogP) is -2.41. The Morgan fingerprint density at radius 1 is 1.29 bits per heavy atom. The molecule has 0 bridgehead atoms. The number of rotatable bonds is 12. The van der Waals surface area contributed by atoms with E-state index in [-0.39, 0.29) is 5.75 Å². The van der Waals surface area contributed by atoms with Crippen molar-refractivity contribution < 1.29 is 35.1 Å². The van der Waals surface area contributed by atoms with Crippen LogP contribution >= 0.6 is 11.8 Å². The highest BCUT2D eigenvalue weighted by Crippen LogP contribution is 2.04. The number of aliphatic hydroxyl groups is 4. The largest absolute Gasteiger partial charge is 0.480 e. The van der Waals surface area contributed by atoms with E-state index in [1.54, 1.807) is 6.08 Å². The number of carbonyl (C=O) groups excluding carboxylic acids is 1. The molecular weight excluding hydrogens is 302 g/mol. The fourth-order valence-corrected chi connectivity index (χ4v) is 2.12. The summed E-state index contributed by atoms with van der Waals surface area (Å²) in [7, 11) is 0. The summed E-state index contributed by atoms with van der Waals surface area (Å²) in [5, 5.41) is 48.0. The first-order valence-electron chi connectivity index (χ1n) is 6.17. The minimum atomic E-state index is -1.91. The van der Waals surface area contributed by atoms with E-state index in [9.17, 15) is 19.8 Å². The summed E-state index contributed by atoms with van der Waals surface area (Å²) in [5.74, 6) is -1.27. The van der Waals surface area contributed by atoms with Gasteiger partial charge in [-0.05, 0) is 0 Å². The van der Waals surface area contributed by atoms with Gasteiger partial charge in [-0.1, -0.05) is 6.08 Å². The molecule has 0 unspecified atom stereocenters. The van der Waals surface area contributed by atoms with E-state index < -0.39 is 49.3 Å².